The van der Waals surface area contributed by atoms with Crippen molar-refractivity contribution in [1.29, 1.82) is 0 Å². The van der Waals surface area contributed by atoms with E-state index in [1.807, 2.05) is 17.7 Å². The van der Waals surface area contributed by atoms with Crippen molar-refractivity contribution in [3.8, 4) is 0 Å². The van der Waals surface area contributed by atoms with Gasteiger partial charge in [-0.25, -0.2) is 4.68 Å². The lowest BCUT2D eigenvalue weighted by molar-refractivity contribution is -0.107. The van der Waals surface area contributed by atoms with Crippen molar-refractivity contribution in [1.82, 2.24) is 9.78 Å². The summed E-state index contributed by atoms with van der Waals surface area (Å²) in [6.45, 7) is 6.82. The molecule has 0 unspecified atom stereocenters. The van der Waals surface area contributed by atoms with Crippen LogP contribution in [0.1, 0.15) is 19.0 Å². The lowest BCUT2D eigenvalue weighted by Gasteiger charge is -2.38. The van der Waals surface area contributed by atoms with E-state index in [1.54, 1.807) is 0 Å². The molecule has 0 saturated carbocycles. The van der Waals surface area contributed by atoms with Gasteiger partial charge in [-0.05, 0) is 13.3 Å². The van der Waals surface area contributed by atoms with E-state index in [-0.39, 0.29) is 0 Å². The summed E-state index contributed by atoms with van der Waals surface area (Å²) < 4.78 is 7.07. The molecular formula is C10H17N3O. The number of ether oxygens (including phenoxy) is 1. The Balaban J connectivity index is 1.94. The summed E-state index contributed by atoms with van der Waals surface area (Å²) in [6.07, 6.45) is 1.08. The molecule has 0 spiro atoms. The summed E-state index contributed by atoms with van der Waals surface area (Å²) in [6, 6.07) is 1.90. The monoisotopic (exact) mass is 195 g/mol. The number of nitrogens with zero attached hydrogens (tertiary/aromatic N) is 2. The van der Waals surface area contributed by atoms with Gasteiger partial charge in [-0.15, -0.1) is 0 Å². The van der Waals surface area contributed by atoms with Gasteiger partial charge < -0.3 is 10.5 Å². The fourth-order valence-corrected chi connectivity index (χ4v) is 1.72. The number of hydrogen-bond acceptors (Lipinski definition) is 3. The smallest absolute Gasteiger partial charge is 0.121 e. The van der Waals surface area contributed by atoms with Crippen LogP contribution >= 0.6 is 0 Å². The summed E-state index contributed by atoms with van der Waals surface area (Å²) in [5, 5.41) is 4.32. The van der Waals surface area contributed by atoms with Gasteiger partial charge in [0, 0.05) is 18.0 Å². The maximum Gasteiger partial charge on any atom is 0.121 e. The average Bonchev–Trinajstić information content (AvgIpc) is 2.38. The molecule has 0 atom stereocenters. The summed E-state index contributed by atoms with van der Waals surface area (Å²) in [4.78, 5) is 0. The Morgan fingerprint density at radius 1 is 1.64 bits per heavy atom. The highest BCUT2D eigenvalue weighted by atomic mass is 16.5. The van der Waals surface area contributed by atoms with E-state index in [2.05, 4.69) is 12.0 Å². The molecule has 0 bridgehead atoms. The molecule has 1 aliphatic heterocycles. The van der Waals surface area contributed by atoms with Crippen LogP contribution < -0.4 is 5.73 Å². The number of anilines is 1. The first-order valence-corrected chi connectivity index (χ1v) is 4.97. The summed E-state index contributed by atoms with van der Waals surface area (Å²) in [5.74, 6) is 0.756. The van der Waals surface area contributed by atoms with E-state index in [0.29, 0.717) is 5.41 Å². The van der Waals surface area contributed by atoms with Crippen LogP contribution in [-0.2, 0) is 11.3 Å². The third-order valence-electron chi connectivity index (χ3n) is 2.76. The Hall–Kier alpha value is -1.03. The third kappa shape index (κ3) is 1.75. The minimum absolute atomic E-state index is 0.340. The van der Waals surface area contributed by atoms with Crippen LogP contribution in [0.3, 0.4) is 0 Å². The highest BCUT2D eigenvalue weighted by Crippen LogP contribution is 2.31. The standard InChI is InChI=1S/C10H17N3O/c1-8-5-9(11)13(12-8)4-3-10(2)6-14-7-10/h5H,3-4,6-7,11H2,1-2H3. The number of aromatic nitrogens is 2. The van der Waals surface area contributed by atoms with Gasteiger partial charge in [-0.3, -0.25) is 0 Å². The first-order valence-electron chi connectivity index (χ1n) is 4.97. The first kappa shape index (κ1) is 9.52. The number of hydrogen-bond donors (Lipinski definition) is 1. The van der Waals surface area contributed by atoms with Gasteiger partial charge in [0.25, 0.3) is 0 Å². The van der Waals surface area contributed by atoms with Crippen LogP contribution in [0.4, 0.5) is 5.82 Å². The maximum atomic E-state index is 5.80. The van der Waals surface area contributed by atoms with Gasteiger partial charge in [0.1, 0.15) is 5.82 Å². The topological polar surface area (TPSA) is 53.1 Å². The summed E-state index contributed by atoms with van der Waals surface area (Å²) in [7, 11) is 0. The number of nitrogen functional groups attached to an aromatic ring is 1. The first-order chi connectivity index (χ1) is 6.59. The Bertz CT molecular complexity index is 328. The van der Waals surface area contributed by atoms with E-state index >= 15 is 0 Å². The van der Waals surface area contributed by atoms with Crippen LogP contribution in [0, 0.1) is 12.3 Å². The van der Waals surface area contributed by atoms with Crippen molar-refractivity contribution >= 4 is 5.82 Å². The van der Waals surface area contributed by atoms with E-state index in [4.69, 9.17) is 10.5 Å². The summed E-state index contributed by atoms with van der Waals surface area (Å²) in [5.41, 5.74) is 7.12. The third-order valence-corrected chi connectivity index (χ3v) is 2.76. The van der Waals surface area contributed by atoms with E-state index in [9.17, 15) is 0 Å². The fraction of sp³-hybridized carbons (Fsp3) is 0.700. The second kappa shape index (κ2) is 3.28. The number of aryl methyl sites for hydroxylation is 2. The average molecular weight is 195 g/mol. The van der Waals surface area contributed by atoms with Crippen LogP contribution in [0.5, 0.6) is 0 Å². The molecule has 0 aromatic carbocycles. The molecule has 78 valence electrons. The molecule has 2 rings (SSSR count). The van der Waals surface area contributed by atoms with Crippen molar-refractivity contribution in [3.63, 3.8) is 0 Å². The normalized spacial score (nSPS) is 19.3. The minimum Gasteiger partial charge on any atom is -0.384 e. The Morgan fingerprint density at radius 3 is 2.79 bits per heavy atom. The van der Waals surface area contributed by atoms with Gasteiger partial charge in [-0.2, -0.15) is 5.10 Å². The number of rotatable bonds is 3. The zero-order valence-corrected chi connectivity index (χ0v) is 8.79. The van der Waals surface area contributed by atoms with E-state index in [1.165, 1.54) is 0 Å². The predicted octanol–water partition coefficient (Wildman–Crippen LogP) is 1.20. The second-order valence-corrected chi connectivity index (χ2v) is 4.49. The van der Waals surface area contributed by atoms with Gasteiger partial charge >= 0.3 is 0 Å². The molecule has 1 aromatic heterocycles. The quantitative estimate of drug-likeness (QED) is 0.788. The lowest BCUT2D eigenvalue weighted by Crippen LogP contribution is -2.40. The van der Waals surface area contributed by atoms with E-state index < -0.39 is 0 Å². The molecule has 2 N–H and O–H groups in total. The largest absolute Gasteiger partial charge is 0.384 e. The molecule has 4 nitrogen and oxygen atoms in total. The van der Waals surface area contributed by atoms with Gasteiger partial charge in [-0.1, -0.05) is 6.92 Å². The van der Waals surface area contributed by atoms with E-state index in [0.717, 1.165) is 37.7 Å². The molecule has 1 saturated heterocycles. The molecule has 1 fully saturated rings. The van der Waals surface area contributed by atoms with Gasteiger partial charge in [0.05, 0.1) is 18.9 Å². The van der Waals surface area contributed by atoms with Crippen LogP contribution in [0.25, 0.3) is 0 Å². The summed E-state index contributed by atoms with van der Waals surface area (Å²) >= 11 is 0. The Kier molecular flexibility index (Phi) is 2.23. The lowest BCUT2D eigenvalue weighted by atomic mass is 9.85. The van der Waals surface area contributed by atoms with Crippen molar-refractivity contribution in [2.75, 3.05) is 18.9 Å². The molecule has 0 aliphatic carbocycles. The second-order valence-electron chi connectivity index (χ2n) is 4.49. The molecular weight excluding hydrogens is 178 g/mol. The van der Waals surface area contributed by atoms with Gasteiger partial charge in [0.15, 0.2) is 0 Å². The minimum atomic E-state index is 0.340. The van der Waals surface area contributed by atoms with Crippen molar-refractivity contribution in [3.05, 3.63) is 11.8 Å². The fourth-order valence-electron chi connectivity index (χ4n) is 1.72. The predicted molar refractivity (Wildman–Crippen MR) is 54.9 cm³/mol. The zero-order valence-electron chi connectivity index (χ0n) is 8.79. The Labute approximate surface area is 84.0 Å². The molecule has 1 aliphatic rings. The molecule has 14 heavy (non-hydrogen) atoms. The zero-order chi connectivity index (χ0) is 10.2. The van der Waals surface area contributed by atoms with Crippen molar-refractivity contribution in [2.45, 2.75) is 26.8 Å². The molecule has 0 amide bonds. The van der Waals surface area contributed by atoms with Crippen LogP contribution in [0.2, 0.25) is 0 Å². The van der Waals surface area contributed by atoms with Crippen molar-refractivity contribution < 1.29 is 4.74 Å². The SMILES string of the molecule is Cc1cc(N)n(CCC2(C)COC2)n1. The highest BCUT2D eigenvalue weighted by Gasteiger charge is 2.32. The number of nitrogens with two attached hydrogens (primary N) is 1. The Morgan fingerprint density at radius 2 is 2.36 bits per heavy atom. The molecule has 2 heterocycles. The van der Waals surface area contributed by atoms with Crippen LogP contribution in [0.15, 0.2) is 6.07 Å². The molecule has 1 aromatic rings. The molecule has 4 heteroatoms. The van der Waals surface area contributed by atoms with Crippen molar-refractivity contribution in [2.24, 2.45) is 5.41 Å². The van der Waals surface area contributed by atoms with Gasteiger partial charge in [0.2, 0.25) is 0 Å². The maximum absolute atomic E-state index is 5.80. The highest BCUT2D eigenvalue weighted by molar-refractivity contribution is 5.30. The molecule has 0 radical (unpaired) electrons. The van der Waals surface area contributed by atoms with Crippen LogP contribution in [-0.4, -0.2) is 23.0 Å².